The van der Waals surface area contributed by atoms with E-state index in [0.717, 1.165) is 43.5 Å². The van der Waals surface area contributed by atoms with E-state index >= 15 is 0 Å². The van der Waals surface area contributed by atoms with Gasteiger partial charge in [0, 0.05) is 42.5 Å². The van der Waals surface area contributed by atoms with Crippen LogP contribution in [0.5, 0.6) is 0 Å². The summed E-state index contributed by atoms with van der Waals surface area (Å²) >= 11 is 0. The molecule has 0 aliphatic heterocycles. The Morgan fingerprint density at radius 3 is 2.52 bits per heavy atom. The van der Waals surface area contributed by atoms with Crippen LogP contribution in [0.4, 0.5) is 0 Å². The van der Waals surface area contributed by atoms with E-state index in [0.29, 0.717) is 11.9 Å². The van der Waals surface area contributed by atoms with E-state index in [-0.39, 0.29) is 6.61 Å². The Balaban J connectivity index is 1.86. The third-order valence-corrected chi connectivity index (χ3v) is 4.20. The van der Waals surface area contributed by atoms with Crippen LogP contribution < -0.4 is 0 Å². The van der Waals surface area contributed by atoms with Crippen LogP contribution in [0.3, 0.4) is 0 Å². The summed E-state index contributed by atoms with van der Waals surface area (Å²) in [4.78, 5) is 15.3. The predicted molar refractivity (Wildman–Crippen MR) is 92.0 cm³/mol. The molecule has 0 amide bonds. The summed E-state index contributed by atoms with van der Waals surface area (Å²) in [5, 5.41) is 9.19. The molecule has 5 heteroatoms. The lowest BCUT2D eigenvalue weighted by Gasteiger charge is -2.26. The zero-order chi connectivity index (χ0) is 16.5. The van der Waals surface area contributed by atoms with Gasteiger partial charge in [0.1, 0.15) is 0 Å². The molecule has 2 aromatic rings. The first-order valence-electron chi connectivity index (χ1n) is 8.28. The maximum absolute atomic E-state index is 9.19. The molecule has 0 spiro atoms. The summed E-state index contributed by atoms with van der Waals surface area (Å²) in [5.41, 5.74) is 2.03. The van der Waals surface area contributed by atoms with Crippen molar-refractivity contribution in [2.24, 2.45) is 0 Å². The van der Waals surface area contributed by atoms with Crippen LogP contribution in [-0.4, -0.2) is 51.2 Å². The maximum Gasteiger partial charge on any atom is 0.160 e. The highest BCUT2D eigenvalue weighted by Crippen LogP contribution is 2.15. The summed E-state index contributed by atoms with van der Waals surface area (Å²) in [5.74, 6) is 0.708. The van der Waals surface area contributed by atoms with Gasteiger partial charge in [0.15, 0.2) is 5.82 Å². The van der Waals surface area contributed by atoms with Crippen LogP contribution in [0, 0.1) is 0 Å². The van der Waals surface area contributed by atoms with Crippen molar-refractivity contribution < 1.29 is 5.11 Å². The molecule has 0 saturated heterocycles. The molecule has 0 aromatic carbocycles. The van der Waals surface area contributed by atoms with Crippen molar-refractivity contribution in [1.29, 1.82) is 0 Å². The van der Waals surface area contributed by atoms with E-state index in [9.17, 15) is 5.11 Å². The van der Waals surface area contributed by atoms with Gasteiger partial charge in [-0.05, 0) is 57.5 Å². The number of rotatable bonds is 9. The van der Waals surface area contributed by atoms with Crippen molar-refractivity contribution in [1.82, 2.24) is 19.9 Å². The van der Waals surface area contributed by atoms with Crippen molar-refractivity contribution in [2.45, 2.75) is 38.6 Å². The molecule has 5 nitrogen and oxygen atoms in total. The van der Waals surface area contributed by atoms with E-state index in [1.54, 1.807) is 18.5 Å². The number of aliphatic hydroxyl groups is 1. The van der Waals surface area contributed by atoms with Crippen LogP contribution in [0.25, 0.3) is 11.4 Å². The SMILES string of the molecule is CCN(C)[C@H](CCO)CCCc1ccc(-c2ncccn2)cn1. The molecule has 1 atom stereocenters. The molecule has 0 saturated carbocycles. The van der Waals surface area contributed by atoms with Crippen molar-refractivity contribution >= 4 is 0 Å². The Kier molecular flexibility index (Phi) is 7.10. The highest BCUT2D eigenvalue weighted by atomic mass is 16.3. The van der Waals surface area contributed by atoms with E-state index in [2.05, 4.69) is 39.9 Å². The third kappa shape index (κ3) is 5.37. The fraction of sp³-hybridized carbons (Fsp3) is 0.500. The Morgan fingerprint density at radius 2 is 1.91 bits per heavy atom. The van der Waals surface area contributed by atoms with Gasteiger partial charge in [-0.25, -0.2) is 9.97 Å². The highest BCUT2D eigenvalue weighted by Gasteiger charge is 2.12. The van der Waals surface area contributed by atoms with Gasteiger partial charge in [-0.1, -0.05) is 6.92 Å². The summed E-state index contributed by atoms with van der Waals surface area (Å²) in [7, 11) is 2.12. The normalized spacial score (nSPS) is 12.5. The van der Waals surface area contributed by atoms with Crippen LogP contribution in [0.1, 0.15) is 31.9 Å². The zero-order valence-corrected chi connectivity index (χ0v) is 14.0. The maximum atomic E-state index is 9.19. The first kappa shape index (κ1) is 17.5. The summed E-state index contributed by atoms with van der Waals surface area (Å²) in [6, 6.07) is 6.33. The number of aryl methyl sites for hydroxylation is 1. The van der Waals surface area contributed by atoms with Gasteiger partial charge in [-0.15, -0.1) is 0 Å². The standard InChI is InChI=1S/C18H26N4O/c1-3-22(2)17(10-13-23)7-4-6-16-9-8-15(14-21-16)18-19-11-5-12-20-18/h5,8-9,11-12,14,17,23H,3-4,6-7,10,13H2,1-2H3/t17-/m0/s1. The lowest BCUT2D eigenvalue weighted by molar-refractivity contribution is 0.180. The molecule has 0 aliphatic rings. The van der Waals surface area contributed by atoms with Gasteiger partial charge >= 0.3 is 0 Å². The van der Waals surface area contributed by atoms with Crippen LogP contribution in [0.2, 0.25) is 0 Å². The van der Waals surface area contributed by atoms with Gasteiger partial charge < -0.3 is 10.0 Å². The molecule has 2 aromatic heterocycles. The number of pyridine rings is 1. The first-order valence-corrected chi connectivity index (χ1v) is 8.28. The molecule has 0 aliphatic carbocycles. The smallest absolute Gasteiger partial charge is 0.160 e. The van der Waals surface area contributed by atoms with Crippen LogP contribution in [0.15, 0.2) is 36.8 Å². The predicted octanol–water partition coefficient (Wildman–Crippen LogP) is 2.56. The minimum absolute atomic E-state index is 0.249. The van der Waals surface area contributed by atoms with E-state index in [4.69, 9.17) is 0 Å². The Hall–Kier alpha value is -1.85. The topological polar surface area (TPSA) is 62.1 Å². The fourth-order valence-corrected chi connectivity index (χ4v) is 2.66. The fourth-order valence-electron chi connectivity index (χ4n) is 2.66. The van der Waals surface area contributed by atoms with Gasteiger partial charge in [-0.2, -0.15) is 0 Å². The molecule has 0 fully saturated rings. The average Bonchev–Trinajstić information content (AvgIpc) is 2.61. The van der Waals surface area contributed by atoms with Crippen LogP contribution in [-0.2, 0) is 6.42 Å². The molecule has 23 heavy (non-hydrogen) atoms. The molecule has 0 radical (unpaired) electrons. The first-order chi connectivity index (χ1) is 11.2. The largest absolute Gasteiger partial charge is 0.396 e. The highest BCUT2D eigenvalue weighted by molar-refractivity contribution is 5.52. The number of aliphatic hydroxyl groups excluding tert-OH is 1. The van der Waals surface area contributed by atoms with Crippen molar-refractivity contribution in [3.05, 3.63) is 42.5 Å². The van der Waals surface area contributed by atoms with Crippen molar-refractivity contribution in [3.63, 3.8) is 0 Å². The Bertz CT molecular complexity index is 559. The molecule has 1 N–H and O–H groups in total. The van der Waals surface area contributed by atoms with Crippen LogP contribution >= 0.6 is 0 Å². The minimum Gasteiger partial charge on any atom is -0.396 e. The average molecular weight is 314 g/mol. The lowest BCUT2D eigenvalue weighted by Crippen LogP contribution is -2.32. The number of aromatic nitrogens is 3. The van der Waals surface area contributed by atoms with E-state index < -0.39 is 0 Å². The van der Waals surface area contributed by atoms with Gasteiger partial charge in [0.05, 0.1) is 0 Å². The zero-order valence-electron chi connectivity index (χ0n) is 14.0. The minimum atomic E-state index is 0.249. The molecule has 2 heterocycles. The monoisotopic (exact) mass is 314 g/mol. The van der Waals surface area contributed by atoms with E-state index in [1.807, 2.05) is 12.3 Å². The summed E-state index contributed by atoms with van der Waals surface area (Å²) in [6.45, 7) is 3.41. The molecule has 0 unspecified atom stereocenters. The van der Waals surface area contributed by atoms with Crippen molar-refractivity contribution in [2.75, 3.05) is 20.2 Å². The summed E-state index contributed by atoms with van der Waals surface area (Å²) < 4.78 is 0. The van der Waals surface area contributed by atoms with Gasteiger partial charge in [0.2, 0.25) is 0 Å². The van der Waals surface area contributed by atoms with Gasteiger partial charge in [-0.3, -0.25) is 4.98 Å². The Morgan fingerprint density at radius 1 is 1.13 bits per heavy atom. The van der Waals surface area contributed by atoms with E-state index in [1.165, 1.54) is 0 Å². The molecule has 0 bridgehead atoms. The number of hydrogen-bond acceptors (Lipinski definition) is 5. The molecular formula is C18H26N4O. The molecule has 2 rings (SSSR count). The number of hydrogen-bond donors (Lipinski definition) is 1. The second-order valence-electron chi connectivity index (χ2n) is 5.74. The lowest BCUT2D eigenvalue weighted by atomic mass is 10.0. The quantitative estimate of drug-likeness (QED) is 0.771. The third-order valence-electron chi connectivity index (χ3n) is 4.20. The molecular weight excluding hydrogens is 288 g/mol. The summed E-state index contributed by atoms with van der Waals surface area (Å²) in [6.07, 6.45) is 9.26. The second kappa shape index (κ2) is 9.33. The van der Waals surface area contributed by atoms with Crippen molar-refractivity contribution in [3.8, 4) is 11.4 Å². The van der Waals surface area contributed by atoms with Gasteiger partial charge in [0.25, 0.3) is 0 Å². The number of nitrogens with zero attached hydrogens (tertiary/aromatic N) is 4. The molecule has 124 valence electrons. The second-order valence-corrected chi connectivity index (χ2v) is 5.74. The Labute approximate surface area is 138 Å².